The molecule has 6 nitrogen and oxygen atoms in total. The van der Waals surface area contributed by atoms with Crippen molar-refractivity contribution in [2.75, 3.05) is 0 Å². The molecule has 0 saturated carbocycles. The first-order valence-corrected chi connectivity index (χ1v) is 6.37. The number of carboxylic acid groups (broad SMARTS) is 1. The lowest BCUT2D eigenvalue weighted by atomic mass is 9.87. The predicted molar refractivity (Wildman–Crippen MR) is 77.2 cm³/mol. The molecule has 1 aromatic heterocycles. The molecule has 0 spiro atoms. The number of aromatic hydroxyl groups is 1. The molecule has 0 aliphatic rings. The summed E-state index contributed by atoms with van der Waals surface area (Å²) in [5.41, 5.74) is -0.0557. The average Bonchev–Trinajstić information content (AvgIpc) is 2.40. The fourth-order valence-corrected chi connectivity index (χ4v) is 1.86. The first-order valence-electron chi connectivity index (χ1n) is 6.37. The third-order valence-corrected chi connectivity index (χ3v) is 3.10. The van der Waals surface area contributed by atoms with Crippen LogP contribution in [0.15, 0.2) is 35.3 Å². The Balaban J connectivity index is 2.52. The molecule has 21 heavy (non-hydrogen) atoms. The van der Waals surface area contributed by atoms with Gasteiger partial charge < -0.3 is 10.2 Å². The second kappa shape index (κ2) is 5.05. The number of carboxylic acids is 1. The Kier molecular flexibility index (Phi) is 3.55. The number of hydrogen-bond donors (Lipinski definition) is 2. The van der Waals surface area contributed by atoms with E-state index in [2.05, 4.69) is 25.9 Å². The summed E-state index contributed by atoms with van der Waals surface area (Å²) >= 11 is 0. The second-order valence-corrected chi connectivity index (χ2v) is 5.74. The Bertz CT molecular complexity index is 740. The zero-order valence-corrected chi connectivity index (χ0v) is 12.0. The van der Waals surface area contributed by atoms with Crippen LogP contribution in [0.3, 0.4) is 0 Å². The number of aromatic nitrogens is 2. The molecule has 1 aromatic carbocycles. The molecule has 2 aromatic rings. The van der Waals surface area contributed by atoms with Gasteiger partial charge in [0.05, 0.1) is 11.9 Å². The molecule has 2 N–H and O–H groups in total. The van der Waals surface area contributed by atoms with Crippen LogP contribution in [0.1, 0.15) is 36.8 Å². The fraction of sp³-hybridized carbons (Fsp3) is 0.267. The maximum Gasteiger partial charge on any atom is 0.360 e. The molecule has 0 bridgehead atoms. The molecule has 0 amide bonds. The van der Waals surface area contributed by atoms with Crippen molar-refractivity contribution < 1.29 is 15.0 Å². The molecule has 0 atom stereocenters. The molecule has 6 heteroatoms. The summed E-state index contributed by atoms with van der Waals surface area (Å²) in [6, 6.07) is 7.30. The average molecular weight is 288 g/mol. The first kappa shape index (κ1) is 14.8. The van der Waals surface area contributed by atoms with E-state index in [-0.39, 0.29) is 5.41 Å². The summed E-state index contributed by atoms with van der Waals surface area (Å²) in [5.74, 6) is -2.13. The summed E-state index contributed by atoms with van der Waals surface area (Å²) in [6.07, 6.45) is 1.10. The van der Waals surface area contributed by atoms with Crippen LogP contribution in [0.5, 0.6) is 5.75 Å². The number of benzene rings is 1. The Morgan fingerprint density at radius 3 is 2.24 bits per heavy atom. The van der Waals surface area contributed by atoms with Crippen molar-refractivity contribution in [1.29, 1.82) is 0 Å². The van der Waals surface area contributed by atoms with E-state index in [9.17, 15) is 14.7 Å². The minimum absolute atomic E-state index is 0.0101. The van der Waals surface area contributed by atoms with Crippen LogP contribution in [0.25, 0.3) is 5.69 Å². The molecule has 110 valence electrons. The van der Waals surface area contributed by atoms with Crippen LogP contribution in [-0.4, -0.2) is 26.0 Å². The van der Waals surface area contributed by atoms with Gasteiger partial charge in [-0.05, 0) is 23.1 Å². The summed E-state index contributed by atoms with van der Waals surface area (Å²) in [7, 11) is 0. The lowest BCUT2D eigenvalue weighted by Gasteiger charge is -2.19. The van der Waals surface area contributed by atoms with Gasteiger partial charge in [0.25, 0.3) is 5.43 Å². The minimum atomic E-state index is -1.48. The van der Waals surface area contributed by atoms with E-state index in [1.165, 1.54) is 4.68 Å². The zero-order chi connectivity index (χ0) is 15.8. The van der Waals surface area contributed by atoms with Gasteiger partial charge in [-0.1, -0.05) is 32.9 Å². The van der Waals surface area contributed by atoms with Crippen LogP contribution < -0.4 is 5.43 Å². The summed E-state index contributed by atoms with van der Waals surface area (Å²) in [6.45, 7) is 6.23. The minimum Gasteiger partial charge on any atom is -0.503 e. The molecular weight excluding hydrogens is 272 g/mol. The van der Waals surface area contributed by atoms with Gasteiger partial charge in [0.1, 0.15) is 0 Å². The molecule has 0 saturated heterocycles. The Morgan fingerprint density at radius 1 is 1.19 bits per heavy atom. The van der Waals surface area contributed by atoms with Gasteiger partial charge in [-0.15, -0.1) is 0 Å². The van der Waals surface area contributed by atoms with Crippen LogP contribution >= 0.6 is 0 Å². The lowest BCUT2D eigenvalue weighted by molar-refractivity contribution is 0.0686. The number of nitrogens with zero attached hydrogens (tertiary/aromatic N) is 2. The molecule has 0 aliphatic carbocycles. The number of carbonyl (C=O) groups is 1. The maximum atomic E-state index is 11.5. The van der Waals surface area contributed by atoms with Gasteiger partial charge >= 0.3 is 5.97 Å². The smallest absolute Gasteiger partial charge is 0.360 e. The van der Waals surface area contributed by atoms with Gasteiger partial charge in [-0.3, -0.25) is 4.79 Å². The summed E-state index contributed by atoms with van der Waals surface area (Å²) < 4.78 is 1.17. The molecule has 0 fully saturated rings. The van der Waals surface area contributed by atoms with Crippen molar-refractivity contribution in [3.63, 3.8) is 0 Å². The number of rotatable bonds is 2. The van der Waals surface area contributed by atoms with Gasteiger partial charge in [-0.25, -0.2) is 9.48 Å². The van der Waals surface area contributed by atoms with Gasteiger partial charge in [-0.2, -0.15) is 5.10 Å². The Morgan fingerprint density at radius 2 is 1.76 bits per heavy atom. The molecule has 0 radical (unpaired) electrons. The molecular formula is C15H16N2O4. The fourth-order valence-electron chi connectivity index (χ4n) is 1.86. The third kappa shape index (κ3) is 2.94. The van der Waals surface area contributed by atoms with Crippen molar-refractivity contribution in [1.82, 2.24) is 9.78 Å². The van der Waals surface area contributed by atoms with Crippen LogP contribution in [0, 0.1) is 0 Å². The van der Waals surface area contributed by atoms with E-state index in [0.29, 0.717) is 5.69 Å². The van der Waals surface area contributed by atoms with Crippen LogP contribution in [-0.2, 0) is 5.41 Å². The van der Waals surface area contributed by atoms with Gasteiger partial charge in [0.15, 0.2) is 5.75 Å². The van der Waals surface area contributed by atoms with E-state index in [1.54, 1.807) is 12.1 Å². The SMILES string of the molecule is CC(C)(C)c1ccc(-n2cc(O)c(=O)c(C(=O)O)n2)cc1. The predicted octanol–water partition coefficient (Wildman–Crippen LogP) is 1.93. The van der Waals surface area contributed by atoms with E-state index in [0.717, 1.165) is 11.8 Å². The normalized spacial score (nSPS) is 11.4. The van der Waals surface area contributed by atoms with Crippen molar-refractivity contribution in [3.05, 3.63) is 51.9 Å². The monoisotopic (exact) mass is 288 g/mol. The maximum absolute atomic E-state index is 11.5. The standard InChI is InChI=1S/C15H16N2O4/c1-15(2,3)9-4-6-10(7-5-9)17-8-11(18)13(19)12(16-17)14(20)21/h4-8,18H,1-3H3,(H,20,21). The molecule has 2 rings (SSSR count). The van der Waals surface area contributed by atoms with E-state index in [1.807, 2.05) is 12.1 Å². The molecule has 0 unspecified atom stereocenters. The van der Waals surface area contributed by atoms with E-state index < -0.39 is 22.8 Å². The number of aromatic carboxylic acids is 1. The summed E-state index contributed by atoms with van der Waals surface area (Å²) in [4.78, 5) is 22.4. The Hall–Kier alpha value is -2.63. The first-order chi connectivity index (χ1) is 9.70. The summed E-state index contributed by atoms with van der Waals surface area (Å²) in [5, 5.41) is 22.2. The highest BCUT2D eigenvalue weighted by Crippen LogP contribution is 2.23. The van der Waals surface area contributed by atoms with E-state index in [4.69, 9.17) is 5.11 Å². The van der Waals surface area contributed by atoms with Crippen molar-refractivity contribution in [2.45, 2.75) is 26.2 Å². The zero-order valence-electron chi connectivity index (χ0n) is 12.0. The van der Waals surface area contributed by atoms with Gasteiger partial charge in [0.2, 0.25) is 5.69 Å². The number of hydrogen-bond acceptors (Lipinski definition) is 4. The largest absolute Gasteiger partial charge is 0.503 e. The van der Waals surface area contributed by atoms with Crippen molar-refractivity contribution >= 4 is 5.97 Å². The van der Waals surface area contributed by atoms with Crippen LogP contribution in [0.4, 0.5) is 0 Å². The second-order valence-electron chi connectivity index (χ2n) is 5.74. The van der Waals surface area contributed by atoms with Crippen molar-refractivity contribution in [2.24, 2.45) is 0 Å². The highest BCUT2D eigenvalue weighted by molar-refractivity contribution is 5.85. The molecule has 0 aliphatic heterocycles. The highest BCUT2D eigenvalue weighted by atomic mass is 16.4. The van der Waals surface area contributed by atoms with Crippen molar-refractivity contribution in [3.8, 4) is 11.4 Å². The Labute approximate surface area is 121 Å². The highest BCUT2D eigenvalue weighted by Gasteiger charge is 2.17. The van der Waals surface area contributed by atoms with Crippen LogP contribution in [0.2, 0.25) is 0 Å². The van der Waals surface area contributed by atoms with Gasteiger partial charge in [0, 0.05) is 0 Å². The molecule has 1 heterocycles. The lowest BCUT2D eigenvalue weighted by Crippen LogP contribution is -2.21. The topological polar surface area (TPSA) is 92.4 Å². The quantitative estimate of drug-likeness (QED) is 0.881. The van der Waals surface area contributed by atoms with E-state index >= 15 is 0 Å². The third-order valence-electron chi connectivity index (χ3n) is 3.10.